The van der Waals surface area contributed by atoms with Crippen LogP contribution in [0.4, 0.5) is 9.59 Å². The molecular formula is C39H49N5O11S. The molecule has 0 aromatic heterocycles. The van der Waals surface area contributed by atoms with E-state index < -0.39 is 69.3 Å². The summed E-state index contributed by atoms with van der Waals surface area (Å²) in [5, 5.41) is 11.7. The predicted octanol–water partition coefficient (Wildman–Crippen LogP) is 3.63. The van der Waals surface area contributed by atoms with E-state index in [9.17, 15) is 37.2 Å². The highest BCUT2D eigenvalue weighted by Gasteiger charge is 2.56. The van der Waals surface area contributed by atoms with Gasteiger partial charge in [-0.15, -0.1) is 0 Å². The normalized spacial score (nSPS) is 22.2. The highest BCUT2D eigenvalue weighted by molar-refractivity contribution is 7.90. The van der Waals surface area contributed by atoms with Crippen molar-refractivity contribution in [2.24, 2.45) is 11.7 Å². The largest absolute Gasteiger partial charge is 0.478 e. The second-order valence-corrected chi connectivity index (χ2v) is 17.1. The van der Waals surface area contributed by atoms with Crippen molar-refractivity contribution in [3.05, 3.63) is 77.4 Å². The number of allylic oxidation sites excluding steroid dienone is 1. The number of alkyl carbamates (subject to hydrolysis) is 1. The van der Waals surface area contributed by atoms with Crippen molar-refractivity contribution in [3.63, 3.8) is 0 Å². The summed E-state index contributed by atoms with van der Waals surface area (Å²) in [6.45, 7) is 5.92. The number of likely N-dealkylation sites (tertiary alicyclic amines) is 1. The van der Waals surface area contributed by atoms with Gasteiger partial charge in [-0.05, 0) is 81.8 Å². The standard InChI is InChI=1S/C39H49N5O11S/c1-38(2,3)55-36(50)41-32(33(46)44-23-30(19-29(44)24-45)54-37(51)43-21-26-11-9-10-12-27(26)22-43)14-8-6-4-5-7-13-28-20-39(28,40)35(49)42-56(52,53)31-17-15-25(16-18-31)34(47)48/h7,9-13,15-18,24,28-30,32H,4-6,8,14,19-23,40H2,1-3H3,(H,41,50)(H,42,49)(H,47,48)/b13-7-/t28-,29+,30-,32+,39-/m1/s1. The van der Waals surface area contributed by atoms with E-state index >= 15 is 0 Å². The van der Waals surface area contributed by atoms with Gasteiger partial charge in [0.1, 0.15) is 29.6 Å². The third-order valence-electron chi connectivity index (χ3n) is 9.95. The number of carboxylic acids is 1. The first-order valence-electron chi connectivity index (χ1n) is 18.5. The van der Waals surface area contributed by atoms with Crippen molar-refractivity contribution in [1.29, 1.82) is 0 Å². The van der Waals surface area contributed by atoms with Gasteiger partial charge in [0.15, 0.2) is 0 Å². The van der Waals surface area contributed by atoms with Gasteiger partial charge in [0.25, 0.3) is 15.9 Å². The number of rotatable bonds is 15. The predicted molar refractivity (Wildman–Crippen MR) is 201 cm³/mol. The second-order valence-electron chi connectivity index (χ2n) is 15.4. The van der Waals surface area contributed by atoms with Crippen LogP contribution in [0, 0.1) is 5.92 Å². The molecule has 1 saturated heterocycles. The van der Waals surface area contributed by atoms with E-state index in [-0.39, 0.29) is 42.2 Å². The topological polar surface area (TPSA) is 232 Å². The molecule has 2 heterocycles. The monoisotopic (exact) mass is 795 g/mol. The second kappa shape index (κ2) is 17.2. The number of carboxylic acid groups (broad SMARTS) is 1. The number of benzene rings is 2. The molecule has 3 aliphatic rings. The van der Waals surface area contributed by atoms with Crippen molar-refractivity contribution in [3.8, 4) is 0 Å². The van der Waals surface area contributed by atoms with E-state index in [0.717, 1.165) is 35.4 Å². The third kappa shape index (κ3) is 10.5. The summed E-state index contributed by atoms with van der Waals surface area (Å²) in [7, 11) is -4.26. The third-order valence-corrected chi connectivity index (χ3v) is 11.3. The fourth-order valence-electron chi connectivity index (χ4n) is 6.79. The van der Waals surface area contributed by atoms with E-state index in [0.29, 0.717) is 45.1 Å². The van der Waals surface area contributed by atoms with Gasteiger partial charge in [-0.1, -0.05) is 49.3 Å². The van der Waals surface area contributed by atoms with Crippen LogP contribution in [0.3, 0.4) is 0 Å². The number of aromatic carboxylic acids is 1. The molecule has 56 heavy (non-hydrogen) atoms. The molecule has 5 rings (SSSR count). The van der Waals surface area contributed by atoms with Crippen LogP contribution in [-0.2, 0) is 47.0 Å². The Hall–Kier alpha value is -5.29. The number of unbranched alkanes of at least 4 members (excludes halogenated alkanes) is 3. The smallest absolute Gasteiger partial charge is 0.410 e. The Kier molecular flexibility index (Phi) is 12.9. The zero-order valence-corrected chi connectivity index (χ0v) is 32.5. The zero-order chi connectivity index (χ0) is 40.8. The van der Waals surface area contributed by atoms with Crippen molar-refractivity contribution >= 4 is 46.3 Å². The Bertz CT molecular complexity index is 1940. The number of nitrogens with one attached hydrogen (secondary N) is 2. The number of carbonyl (C=O) groups is 6. The van der Waals surface area contributed by atoms with Crippen LogP contribution in [0.15, 0.2) is 65.6 Å². The minimum absolute atomic E-state index is 0.000295. The Morgan fingerprint density at radius 3 is 2.29 bits per heavy atom. The number of nitrogens with zero attached hydrogens (tertiary/aromatic N) is 2. The highest BCUT2D eigenvalue weighted by atomic mass is 32.2. The summed E-state index contributed by atoms with van der Waals surface area (Å²) in [6, 6.07) is 10.3. The van der Waals surface area contributed by atoms with Gasteiger partial charge in [0, 0.05) is 25.4 Å². The number of hydrogen-bond donors (Lipinski definition) is 4. The molecule has 2 aliphatic heterocycles. The van der Waals surface area contributed by atoms with Crippen molar-refractivity contribution in [1.82, 2.24) is 19.8 Å². The van der Waals surface area contributed by atoms with Gasteiger partial charge in [0.05, 0.1) is 23.0 Å². The summed E-state index contributed by atoms with van der Waals surface area (Å²) in [6.07, 6.45) is 5.39. The quantitative estimate of drug-likeness (QED) is 0.115. The zero-order valence-electron chi connectivity index (χ0n) is 31.6. The summed E-state index contributed by atoms with van der Waals surface area (Å²) < 4.78 is 38.5. The van der Waals surface area contributed by atoms with Crippen LogP contribution in [0.25, 0.3) is 0 Å². The molecule has 5 N–H and O–H groups in total. The molecular weight excluding hydrogens is 747 g/mol. The van der Waals surface area contributed by atoms with Crippen LogP contribution in [0.5, 0.6) is 0 Å². The molecule has 2 fully saturated rings. The van der Waals surface area contributed by atoms with Gasteiger partial charge >= 0.3 is 18.2 Å². The lowest BCUT2D eigenvalue weighted by atomic mass is 10.0. The van der Waals surface area contributed by atoms with Crippen LogP contribution >= 0.6 is 0 Å². The highest BCUT2D eigenvalue weighted by Crippen LogP contribution is 2.42. The minimum atomic E-state index is -4.26. The number of carbonyl (C=O) groups excluding carboxylic acids is 5. The first-order chi connectivity index (χ1) is 26.4. The van der Waals surface area contributed by atoms with Crippen LogP contribution in [0.1, 0.15) is 87.2 Å². The lowest BCUT2D eigenvalue weighted by molar-refractivity contribution is -0.137. The van der Waals surface area contributed by atoms with Gasteiger partial charge in [-0.25, -0.2) is 27.5 Å². The van der Waals surface area contributed by atoms with E-state index in [1.807, 2.05) is 35.1 Å². The number of hydrogen-bond acceptors (Lipinski definition) is 11. The average molecular weight is 796 g/mol. The molecule has 0 spiro atoms. The maximum atomic E-state index is 13.9. The van der Waals surface area contributed by atoms with Crippen molar-refractivity contribution in [2.45, 2.75) is 113 Å². The molecule has 0 bridgehead atoms. The first-order valence-corrected chi connectivity index (χ1v) is 20.0. The maximum absolute atomic E-state index is 13.9. The minimum Gasteiger partial charge on any atom is -0.478 e. The number of fused-ring (bicyclic) bond motifs is 1. The van der Waals surface area contributed by atoms with E-state index in [1.165, 1.54) is 4.90 Å². The molecule has 5 atom stereocenters. The first kappa shape index (κ1) is 41.9. The van der Waals surface area contributed by atoms with Gasteiger partial charge in [-0.2, -0.15) is 0 Å². The number of amides is 4. The summed E-state index contributed by atoms with van der Waals surface area (Å²) >= 11 is 0. The number of nitrogens with two attached hydrogens (primary N) is 1. The molecule has 4 amide bonds. The molecule has 302 valence electrons. The fourth-order valence-corrected chi connectivity index (χ4v) is 7.83. The average Bonchev–Trinajstić information content (AvgIpc) is 3.43. The Morgan fingerprint density at radius 2 is 1.68 bits per heavy atom. The van der Waals surface area contributed by atoms with Crippen LogP contribution < -0.4 is 15.8 Å². The number of ether oxygens (including phenoxy) is 2. The summed E-state index contributed by atoms with van der Waals surface area (Å²) in [5.41, 5.74) is 5.95. The SMILES string of the molecule is CC(C)(C)OC(=O)N[C@@H](CCCCC/C=C\[C@@H]1C[C@]1(N)C(=O)NS(=O)(=O)c1ccc(C(=O)O)cc1)C(=O)N1C[C@H](OC(=O)N2Cc3ccccc3C2)C[C@H]1C=O. The maximum Gasteiger partial charge on any atom is 0.410 e. The molecule has 16 nitrogen and oxygen atoms in total. The van der Waals surface area contributed by atoms with E-state index in [4.69, 9.17) is 20.3 Å². The molecule has 1 aliphatic carbocycles. The van der Waals surface area contributed by atoms with Gasteiger partial charge in [-0.3, -0.25) is 14.5 Å². The Morgan fingerprint density at radius 1 is 1.02 bits per heavy atom. The van der Waals surface area contributed by atoms with E-state index in [1.54, 1.807) is 31.7 Å². The molecule has 0 radical (unpaired) electrons. The number of sulfonamides is 1. The molecule has 2 aromatic carbocycles. The van der Waals surface area contributed by atoms with E-state index in [2.05, 4.69) is 5.32 Å². The fraction of sp³-hybridized carbons (Fsp3) is 0.487. The molecule has 17 heteroatoms. The lowest BCUT2D eigenvalue weighted by Gasteiger charge is -2.28. The summed E-state index contributed by atoms with van der Waals surface area (Å²) in [5.74, 6) is -2.94. The Balaban J connectivity index is 1.09. The van der Waals surface area contributed by atoms with Crippen LogP contribution in [-0.4, -0.2) is 95.5 Å². The molecule has 2 aromatic rings. The van der Waals surface area contributed by atoms with Crippen molar-refractivity contribution in [2.75, 3.05) is 6.54 Å². The lowest BCUT2D eigenvalue weighted by Crippen LogP contribution is -2.51. The summed E-state index contributed by atoms with van der Waals surface area (Å²) in [4.78, 5) is 78.2. The molecule has 0 unspecified atom stereocenters. The van der Waals surface area contributed by atoms with Gasteiger partial charge < -0.3 is 35.3 Å². The molecule has 1 saturated carbocycles. The van der Waals surface area contributed by atoms with Crippen molar-refractivity contribution < 1.29 is 51.8 Å². The Labute approximate surface area is 325 Å². The van der Waals surface area contributed by atoms with Gasteiger partial charge in [0.2, 0.25) is 5.91 Å². The number of aldehydes is 1. The van der Waals surface area contributed by atoms with Crippen LogP contribution in [0.2, 0.25) is 0 Å².